The van der Waals surface area contributed by atoms with Crippen molar-refractivity contribution in [1.29, 1.82) is 0 Å². The Hall–Kier alpha value is -1.13. The van der Waals surface area contributed by atoms with Gasteiger partial charge in [-0.2, -0.15) is 0 Å². The summed E-state index contributed by atoms with van der Waals surface area (Å²) in [6, 6.07) is 6.69. The van der Waals surface area contributed by atoms with E-state index in [-0.39, 0.29) is 6.04 Å². The van der Waals surface area contributed by atoms with Gasteiger partial charge in [0.25, 0.3) is 0 Å². The minimum absolute atomic E-state index is 0.189. The van der Waals surface area contributed by atoms with Crippen LogP contribution in [0.25, 0.3) is 5.69 Å². The third kappa shape index (κ3) is 2.67. The van der Waals surface area contributed by atoms with E-state index >= 15 is 0 Å². The van der Waals surface area contributed by atoms with Gasteiger partial charge in [0.2, 0.25) is 0 Å². The maximum atomic E-state index is 5.87. The van der Waals surface area contributed by atoms with Gasteiger partial charge in [-0.25, -0.2) is 4.98 Å². The van der Waals surface area contributed by atoms with Gasteiger partial charge in [0.05, 0.1) is 17.7 Å². The molecule has 1 aliphatic carbocycles. The highest BCUT2D eigenvalue weighted by molar-refractivity contribution is 9.10. The van der Waals surface area contributed by atoms with Crippen molar-refractivity contribution in [2.45, 2.75) is 45.1 Å². The summed E-state index contributed by atoms with van der Waals surface area (Å²) in [6.07, 6.45) is 7.63. The molecule has 0 saturated carbocycles. The summed E-state index contributed by atoms with van der Waals surface area (Å²) in [7, 11) is 0. The number of rotatable bonds is 3. The zero-order valence-corrected chi connectivity index (χ0v) is 13.4. The molecule has 0 aliphatic heterocycles. The topological polar surface area (TPSA) is 43.8 Å². The van der Waals surface area contributed by atoms with Gasteiger partial charge in [-0.05, 0) is 72.7 Å². The number of fused-ring (bicyclic) bond motifs is 1. The molecule has 4 heteroatoms. The quantitative estimate of drug-likeness (QED) is 0.935. The van der Waals surface area contributed by atoms with Gasteiger partial charge in [0.1, 0.15) is 0 Å². The average Bonchev–Trinajstić information content (AvgIpc) is 2.82. The van der Waals surface area contributed by atoms with Crippen LogP contribution in [0.2, 0.25) is 0 Å². The van der Waals surface area contributed by atoms with Gasteiger partial charge in [-0.15, -0.1) is 0 Å². The first-order valence-corrected chi connectivity index (χ1v) is 8.04. The van der Waals surface area contributed by atoms with Crippen LogP contribution in [0.5, 0.6) is 0 Å². The van der Waals surface area contributed by atoms with Crippen molar-refractivity contribution in [3.8, 4) is 5.69 Å². The number of benzene rings is 1. The highest BCUT2D eigenvalue weighted by Crippen LogP contribution is 2.28. The fraction of sp³-hybridized carbons (Fsp3) is 0.438. The first-order valence-electron chi connectivity index (χ1n) is 7.24. The molecule has 0 saturated heterocycles. The Bertz CT molecular complexity index is 616. The zero-order chi connectivity index (χ0) is 14.1. The van der Waals surface area contributed by atoms with Crippen LogP contribution in [0.1, 0.15) is 36.7 Å². The van der Waals surface area contributed by atoms with Gasteiger partial charge < -0.3 is 10.3 Å². The summed E-state index contributed by atoms with van der Waals surface area (Å²) in [6.45, 7) is 2.04. The third-order valence-electron chi connectivity index (χ3n) is 3.86. The van der Waals surface area contributed by atoms with E-state index in [0.717, 1.165) is 23.7 Å². The number of aromatic nitrogens is 2. The van der Waals surface area contributed by atoms with Crippen molar-refractivity contribution in [3.63, 3.8) is 0 Å². The molecule has 1 unspecified atom stereocenters. The number of nitrogens with two attached hydrogens (primary N) is 1. The molecule has 2 aromatic rings. The normalized spacial score (nSPS) is 15.9. The Morgan fingerprint density at radius 2 is 2.15 bits per heavy atom. The molecule has 2 N–H and O–H groups in total. The fourth-order valence-electron chi connectivity index (χ4n) is 2.92. The molecule has 1 aliphatic rings. The molecular weight excluding hydrogens is 314 g/mol. The van der Waals surface area contributed by atoms with Crippen molar-refractivity contribution in [3.05, 3.63) is 46.0 Å². The molecule has 1 aromatic heterocycles. The average molecular weight is 334 g/mol. The predicted octanol–water partition coefficient (Wildman–Crippen LogP) is 3.40. The Morgan fingerprint density at radius 3 is 2.90 bits per heavy atom. The number of hydrogen-bond acceptors (Lipinski definition) is 2. The first kappa shape index (κ1) is 13.8. The highest BCUT2D eigenvalue weighted by atomic mass is 79.9. The molecule has 3 rings (SSSR count). The molecule has 106 valence electrons. The van der Waals surface area contributed by atoms with Crippen LogP contribution in [0, 0.1) is 0 Å². The van der Waals surface area contributed by atoms with Crippen LogP contribution in [0.15, 0.2) is 29.0 Å². The van der Waals surface area contributed by atoms with Gasteiger partial charge in [0, 0.05) is 16.2 Å². The van der Waals surface area contributed by atoms with E-state index in [1.807, 2.05) is 13.3 Å². The Balaban J connectivity index is 1.96. The summed E-state index contributed by atoms with van der Waals surface area (Å²) in [5, 5.41) is 0. The minimum Gasteiger partial charge on any atom is -0.328 e. The van der Waals surface area contributed by atoms with Crippen molar-refractivity contribution in [2.24, 2.45) is 5.73 Å². The smallest absolute Gasteiger partial charge is 0.0998 e. The van der Waals surface area contributed by atoms with Crippen molar-refractivity contribution >= 4 is 15.9 Å². The Kier molecular flexibility index (Phi) is 3.94. The SMILES string of the molecule is CC(N)Cc1ccc(-n2cnc3c2CCCC3)c(Br)c1. The highest BCUT2D eigenvalue weighted by Gasteiger charge is 2.17. The molecular formula is C16H20BrN3. The first-order chi connectivity index (χ1) is 9.65. The molecule has 1 heterocycles. The van der Waals surface area contributed by atoms with Gasteiger partial charge >= 0.3 is 0 Å². The Labute approximate surface area is 128 Å². The molecule has 3 nitrogen and oxygen atoms in total. The van der Waals surface area contributed by atoms with Crippen LogP contribution in [0.4, 0.5) is 0 Å². The third-order valence-corrected chi connectivity index (χ3v) is 4.49. The summed E-state index contributed by atoms with van der Waals surface area (Å²) >= 11 is 3.70. The minimum atomic E-state index is 0.189. The lowest BCUT2D eigenvalue weighted by atomic mass is 10.0. The number of hydrogen-bond donors (Lipinski definition) is 1. The molecule has 20 heavy (non-hydrogen) atoms. The van der Waals surface area contributed by atoms with Crippen molar-refractivity contribution in [1.82, 2.24) is 9.55 Å². The largest absolute Gasteiger partial charge is 0.328 e. The molecule has 1 atom stereocenters. The molecule has 0 amide bonds. The monoisotopic (exact) mass is 333 g/mol. The van der Waals surface area contributed by atoms with Crippen LogP contribution in [0.3, 0.4) is 0 Å². The van der Waals surface area contributed by atoms with Crippen LogP contribution in [-0.4, -0.2) is 15.6 Å². The van der Waals surface area contributed by atoms with Crippen LogP contribution >= 0.6 is 15.9 Å². The standard InChI is InChI=1S/C16H20BrN3/c1-11(18)8-12-6-7-15(13(17)9-12)20-10-19-14-4-2-3-5-16(14)20/h6-7,9-11H,2-5,8,18H2,1H3. The van der Waals surface area contributed by atoms with Gasteiger partial charge in [-0.3, -0.25) is 0 Å². The maximum Gasteiger partial charge on any atom is 0.0998 e. The lowest BCUT2D eigenvalue weighted by Gasteiger charge is -2.16. The fourth-order valence-corrected chi connectivity index (χ4v) is 3.54. The summed E-state index contributed by atoms with van der Waals surface area (Å²) < 4.78 is 3.34. The summed E-state index contributed by atoms with van der Waals surface area (Å²) in [5.41, 5.74) is 10.9. The summed E-state index contributed by atoms with van der Waals surface area (Å²) in [4.78, 5) is 4.57. The van der Waals surface area contributed by atoms with E-state index in [1.54, 1.807) is 0 Å². The van der Waals surface area contributed by atoms with E-state index in [4.69, 9.17) is 5.73 Å². The molecule has 0 fully saturated rings. The second-order valence-corrected chi connectivity index (χ2v) is 6.54. The molecule has 0 bridgehead atoms. The second-order valence-electron chi connectivity index (χ2n) is 5.68. The van der Waals surface area contributed by atoms with Crippen molar-refractivity contribution < 1.29 is 0 Å². The predicted molar refractivity (Wildman–Crippen MR) is 85.3 cm³/mol. The number of imidazole rings is 1. The molecule has 0 radical (unpaired) electrons. The van der Waals surface area contributed by atoms with E-state index in [1.165, 1.54) is 35.5 Å². The molecule has 0 spiro atoms. The van der Waals surface area contributed by atoms with Gasteiger partial charge in [-0.1, -0.05) is 6.07 Å². The van der Waals surface area contributed by atoms with Crippen LogP contribution in [-0.2, 0) is 19.3 Å². The number of halogens is 1. The van der Waals surface area contributed by atoms with E-state index in [9.17, 15) is 0 Å². The van der Waals surface area contributed by atoms with Gasteiger partial charge in [0.15, 0.2) is 0 Å². The number of nitrogens with zero attached hydrogens (tertiary/aromatic N) is 2. The van der Waals surface area contributed by atoms with Crippen molar-refractivity contribution in [2.75, 3.05) is 0 Å². The molecule has 1 aromatic carbocycles. The van der Waals surface area contributed by atoms with E-state index < -0.39 is 0 Å². The summed E-state index contributed by atoms with van der Waals surface area (Å²) in [5.74, 6) is 0. The van der Waals surface area contributed by atoms with E-state index in [0.29, 0.717) is 0 Å². The van der Waals surface area contributed by atoms with Crippen LogP contribution < -0.4 is 5.73 Å². The Morgan fingerprint density at radius 1 is 1.35 bits per heavy atom. The lowest BCUT2D eigenvalue weighted by Crippen LogP contribution is -2.17. The lowest BCUT2D eigenvalue weighted by molar-refractivity contribution is 0.655. The second kappa shape index (κ2) is 5.70. The van der Waals surface area contributed by atoms with E-state index in [2.05, 4.69) is 43.7 Å². The zero-order valence-electron chi connectivity index (χ0n) is 11.8. The number of aryl methyl sites for hydroxylation is 1. The maximum absolute atomic E-state index is 5.87.